The van der Waals surface area contributed by atoms with E-state index >= 15 is 0 Å². The Morgan fingerprint density at radius 1 is 1.58 bits per heavy atom. The highest BCUT2D eigenvalue weighted by atomic mass is 14.8. The number of H-pyrrole nitrogens is 1. The predicted molar refractivity (Wildman–Crippen MR) is 46.4 cm³/mol. The average Bonchev–Trinajstić information content (AvgIpc) is 2.50. The van der Waals surface area contributed by atoms with Crippen LogP contribution in [0.2, 0.25) is 0 Å². The molecule has 3 nitrogen and oxygen atoms in total. The predicted octanol–water partition coefficient (Wildman–Crippen LogP) is 1.98. The smallest absolute Gasteiger partial charge is 0.241 e. The molecular weight excluding hydrogens is 150 g/mol. The minimum atomic E-state index is 0.422. The minimum absolute atomic E-state index is 0.422. The molecule has 3 heteroatoms. The number of pyridine rings is 1. The van der Waals surface area contributed by atoms with Gasteiger partial charge < -0.3 is 9.83 Å². The Balaban J connectivity index is 2.64. The molecule has 12 heavy (non-hydrogen) atoms. The zero-order chi connectivity index (χ0) is 8.39. The summed E-state index contributed by atoms with van der Waals surface area (Å²) in [5.41, 5.74) is 1.88. The van der Waals surface area contributed by atoms with Crippen molar-refractivity contribution in [3.63, 3.8) is 0 Å². The van der Waals surface area contributed by atoms with Gasteiger partial charge in [0.2, 0.25) is 6.54 Å². The number of hydrogen-bond donors (Lipinski definition) is 1. The highest BCUT2D eigenvalue weighted by Gasteiger charge is 2.04. The summed E-state index contributed by atoms with van der Waals surface area (Å²) in [4.78, 5) is 10.5. The molecule has 0 aliphatic rings. The van der Waals surface area contributed by atoms with Crippen molar-refractivity contribution in [1.29, 1.82) is 0 Å². The Kier molecular flexibility index (Phi) is 1.52. The van der Waals surface area contributed by atoms with Gasteiger partial charge in [0.25, 0.3) is 0 Å². The van der Waals surface area contributed by atoms with Crippen LogP contribution in [0.4, 0.5) is 0 Å². The lowest BCUT2D eigenvalue weighted by Crippen LogP contribution is -1.75. The van der Waals surface area contributed by atoms with E-state index in [4.69, 9.17) is 6.57 Å². The molecule has 0 unspecified atom stereocenters. The van der Waals surface area contributed by atoms with E-state index in [1.807, 2.05) is 18.3 Å². The monoisotopic (exact) mass is 157 g/mol. The summed E-state index contributed by atoms with van der Waals surface area (Å²) in [5, 5.41) is 1.05. The maximum atomic E-state index is 6.74. The second-order valence-electron chi connectivity index (χ2n) is 2.53. The lowest BCUT2D eigenvalue weighted by Gasteiger charge is -1.87. The molecule has 0 aromatic carbocycles. The molecule has 0 bridgehead atoms. The summed E-state index contributed by atoms with van der Waals surface area (Å²) in [7, 11) is 0. The Morgan fingerprint density at radius 2 is 2.50 bits per heavy atom. The summed E-state index contributed by atoms with van der Waals surface area (Å²) in [6.45, 7) is 7.17. The molecule has 0 aliphatic carbocycles. The highest BCUT2D eigenvalue weighted by Crippen LogP contribution is 2.15. The van der Waals surface area contributed by atoms with Crippen LogP contribution in [0.1, 0.15) is 5.56 Å². The van der Waals surface area contributed by atoms with Crippen LogP contribution in [0.25, 0.3) is 15.9 Å². The minimum Gasteiger partial charge on any atom is -0.346 e. The van der Waals surface area contributed by atoms with Crippen LogP contribution >= 0.6 is 0 Å². The van der Waals surface area contributed by atoms with Crippen LogP contribution in [0, 0.1) is 6.57 Å². The third kappa shape index (κ3) is 0.940. The molecule has 2 aromatic rings. The Hall–Kier alpha value is -1.82. The lowest BCUT2D eigenvalue weighted by molar-refractivity contribution is 1.27. The third-order valence-electron chi connectivity index (χ3n) is 1.79. The molecule has 0 saturated carbocycles. The van der Waals surface area contributed by atoms with Gasteiger partial charge in [0, 0.05) is 17.8 Å². The van der Waals surface area contributed by atoms with Gasteiger partial charge in [-0.2, -0.15) is 0 Å². The van der Waals surface area contributed by atoms with Crippen molar-refractivity contribution in [3.8, 4) is 0 Å². The number of fused-ring (bicyclic) bond motifs is 1. The summed E-state index contributed by atoms with van der Waals surface area (Å²) < 4.78 is 0. The summed E-state index contributed by atoms with van der Waals surface area (Å²) in [5.74, 6) is 0. The molecule has 0 aliphatic heterocycles. The molecule has 0 atom stereocenters. The zero-order valence-corrected chi connectivity index (χ0v) is 6.41. The van der Waals surface area contributed by atoms with Crippen molar-refractivity contribution in [1.82, 2.24) is 9.97 Å². The van der Waals surface area contributed by atoms with Crippen LogP contribution in [0.3, 0.4) is 0 Å². The topological polar surface area (TPSA) is 33.0 Å². The van der Waals surface area contributed by atoms with Gasteiger partial charge in [0.15, 0.2) is 0 Å². The molecule has 58 valence electrons. The van der Waals surface area contributed by atoms with E-state index in [0.717, 1.165) is 16.6 Å². The molecule has 0 saturated heterocycles. The van der Waals surface area contributed by atoms with Gasteiger partial charge in [-0.1, -0.05) is 0 Å². The van der Waals surface area contributed by atoms with E-state index in [0.29, 0.717) is 6.54 Å². The summed E-state index contributed by atoms with van der Waals surface area (Å²) in [6.07, 6.45) is 3.58. The van der Waals surface area contributed by atoms with Crippen LogP contribution in [0.5, 0.6) is 0 Å². The highest BCUT2D eigenvalue weighted by molar-refractivity contribution is 5.79. The number of aromatic amines is 1. The molecule has 2 heterocycles. The number of hydrogen-bond acceptors (Lipinski definition) is 1. The van der Waals surface area contributed by atoms with Crippen LogP contribution < -0.4 is 0 Å². The Morgan fingerprint density at radius 3 is 3.33 bits per heavy atom. The summed E-state index contributed by atoms with van der Waals surface area (Å²) in [6, 6.07) is 3.85. The first-order valence-electron chi connectivity index (χ1n) is 3.66. The van der Waals surface area contributed by atoms with Gasteiger partial charge in [-0.15, -0.1) is 0 Å². The van der Waals surface area contributed by atoms with Gasteiger partial charge in [-0.25, -0.2) is 11.6 Å². The van der Waals surface area contributed by atoms with Gasteiger partial charge in [0.1, 0.15) is 5.65 Å². The Labute approximate surface area is 69.9 Å². The lowest BCUT2D eigenvalue weighted by atomic mass is 10.2. The number of rotatable bonds is 1. The van der Waals surface area contributed by atoms with Crippen molar-refractivity contribution in [2.75, 3.05) is 0 Å². The van der Waals surface area contributed by atoms with Gasteiger partial charge in [0.05, 0.1) is 5.56 Å². The first-order valence-corrected chi connectivity index (χ1v) is 3.66. The average molecular weight is 157 g/mol. The summed E-state index contributed by atoms with van der Waals surface area (Å²) >= 11 is 0. The fourth-order valence-corrected chi connectivity index (χ4v) is 1.23. The molecule has 0 spiro atoms. The zero-order valence-electron chi connectivity index (χ0n) is 6.41. The van der Waals surface area contributed by atoms with Crippen LogP contribution in [-0.2, 0) is 6.54 Å². The first-order chi connectivity index (χ1) is 5.92. The maximum Gasteiger partial charge on any atom is 0.241 e. The molecule has 2 rings (SSSR count). The van der Waals surface area contributed by atoms with E-state index < -0.39 is 0 Å². The second-order valence-corrected chi connectivity index (χ2v) is 2.53. The molecule has 2 aromatic heterocycles. The van der Waals surface area contributed by atoms with Gasteiger partial charge in [-0.05, 0) is 12.1 Å². The first kappa shape index (κ1) is 6.86. The fraction of sp³-hybridized carbons (Fsp3) is 0.111. The van der Waals surface area contributed by atoms with Crippen molar-refractivity contribution in [2.24, 2.45) is 0 Å². The van der Waals surface area contributed by atoms with Gasteiger partial charge >= 0.3 is 0 Å². The van der Waals surface area contributed by atoms with Crippen molar-refractivity contribution in [2.45, 2.75) is 6.54 Å². The van der Waals surface area contributed by atoms with Gasteiger partial charge in [-0.3, -0.25) is 0 Å². The van der Waals surface area contributed by atoms with E-state index in [9.17, 15) is 0 Å². The van der Waals surface area contributed by atoms with E-state index in [2.05, 4.69) is 14.8 Å². The number of aromatic nitrogens is 2. The van der Waals surface area contributed by atoms with Crippen LogP contribution in [0.15, 0.2) is 24.5 Å². The second kappa shape index (κ2) is 2.67. The third-order valence-corrected chi connectivity index (χ3v) is 1.79. The molecule has 1 N–H and O–H groups in total. The molecule has 0 fully saturated rings. The standard InChI is InChI=1S/C9H7N3/c1-10-5-7-6-12-9-8(7)3-2-4-11-9/h2-4,6H,5H2,(H,11,12). The number of nitrogens with zero attached hydrogens (tertiary/aromatic N) is 2. The SMILES string of the molecule is [C-]#[N+]Cc1c[nH]c2ncccc12. The number of nitrogens with one attached hydrogen (secondary N) is 1. The maximum absolute atomic E-state index is 6.74. The Bertz CT molecular complexity index is 436. The van der Waals surface area contributed by atoms with Crippen molar-refractivity contribution >= 4 is 11.0 Å². The molecule has 0 amide bonds. The van der Waals surface area contributed by atoms with E-state index in [-0.39, 0.29) is 0 Å². The van der Waals surface area contributed by atoms with E-state index in [1.54, 1.807) is 6.20 Å². The quantitative estimate of drug-likeness (QED) is 0.631. The molecule has 0 radical (unpaired) electrons. The largest absolute Gasteiger partial charge is 0.346 e. The normalized spacial score (nSPS) is 9.92. The van der Waals surface area contributed by atoms with Crippen molar-refractivity contribution < 1.29 is 0 Å². The fourth-order valence-electron chi connectivity index (χ4n) is 1.23. The van der Waals surface area contributed by atoms with E-state index in [1.165, 1.54) is 0 Å². The molecular formula is C9H7N3. The van der Waals surface area contributed by atoms with Crippen molar-refractivity contribution in [3.05, 3.63) is 41.5 Å². The van der Waals surface area contributed by atoms with Crippen LogP contribution in [-0.4, -0.2) is 9.97 Å².